The van der Waals surface area contributed by atoms with Gasteiger partial charge in [-0.15, -0.1) is 11.3 Å². The van der Waals surface area contributed by atoms with E-state index in [1.807, 2.05) is 35.7 Å². The van der Waals surface area contributed by atoms with Gasteiger partial charge in [0.05, 0.1) is 14.2 Å². The molecule has 31 heavy (non-hydrogen) atoms. The number of nitrogens with one attached hydrogen (secondary N) is 2. The summed E-state index contributed by atoms with van der Waals surface area (Å²) < 4.78 is 10.5. The number of carbonyl (C=O) groups is 2. The predicted molar refractivity (Wildman–Crippen MR) is 123 cm³/mol. The standard InChI is InChI=1S/C23H21ClN2O4S/c1-29-20-10-9-15(12-21(20)30-2)22(27)26-19(13-17-7-5-11-31-17)23(28)25-14-16-6-3-4-8-18(16)24/h3-13H,14H2,1-2H3,(H,25,28)(H,26,27)/b19-13-. The Morgan fingerprint density at radius 2 is 1.81 bits per heavy atom. The van der Waals surface area contributed by atoms with E-state index in [0.717, 1.165) is 10.4 Å². The largest absolute Gasteiger partial charge is 0.493 e. The number of hydrogen-bond donors (Lipinski definition) is 2. The van der Waals surface area contributed by atoms with Crippen LogP contribution in [0.5, 0.6) is 11.5 Å². The summed E-state index contributed by atoms with van der Waals surface area (Å²) in [5.41, 5.74) is 1.22. The van der Waals surface area contributed by atoms with E-state index >= 15 is 0 Å². The van der Waals surface area contributed by atoms with Crippen molar-refractivity contribution in [2.75, 3.05) is 14.2 Å². The molecular formula is C23H21ClN2O4S. The smallest absolute Gasteiger partial charge is 0.268 e. The van der Waals surface area contributed by atoms with Crippen molar-refractivity contribution in [2.45, 2.75) is 6.54 Å². The molecule has 1 heterocycles. The maximum atomic E-state index is 12.9. The Kier molecular flexibility index (Phi) is 7.70. The molecule has 2 aromatic carbocycles. The van der Waals surface area contributed by atoms with Crippen LogP contribution in [0.15, 0.2) is 65.7 Å². The molecule has 2 N–H and O–H groups in total. The highest BCUT2D eigenvalue weighted by molar-refractivity contribution is 7.10. The Morgan fingerprint density at radius 1 is 1.03 bits per heavy atom. The quantitative estimate of drug-likeness (QED) is 0.489. The van der Waals surface area contributed by atoms with Crippen molar-refractivity contribution in [1.82, 2.24) is 10.6 Å². The first-order valence-electron chi connectivity index (χ1n) is 9.32. The summed E-state index contributed by atoms with van der Waals surface area (Å²) in [5.74, 6) is 0.0480. The normalized spacial score (nSPS) is 11.0. The van der Waals surface area contributed by atoms with E-state index < -0.39 is 11.8 Å². The second-order valence-corrected chi connectivity index (χ2v) is 7.76. The first-order chi connectivity index (χ1) is 15.0. The molecule has 0 bridgehead atoms. The molecule has 0 saturated heterocycles. The Hall–Kier alpha value is -3.29. The van der Waals surface area contributed by atoms with Gasteiger partial charge in [-0.2, -0.15) is 0 Å². The van der Waals surface area contributed by atoms with Crippen LogP contribution < -0.4 is 20.1 Å². The van der Waals surface area contributed by atoms with Crippen LogP contribution in [0, 0.1) is 0 Å². The number of benzene rings is 2. The van der Waals surface area contributed by atoms with E-state index in [1.165, 1.54) is 25.6 Å². The fourth-order valence-electron chi connectivity index (χ4n) is 2.76. The highest BCUT2D eigenvalue weighted by Gasteiger charge is 2.17. The van der Waals surface area contributed by atoms with Gasteiger partial charge >= 0.3 is 0 Å². The molecule has 160 valence electrons. The number of halogens is 1. The summed E-state index contributed by atoms with van der Waals surface area (Å²) in [6.07, 6.45) is 1.63. The van der Waals surface area contributed by atoms with Crippen LogP contribution >= 0.6 is 22.9 Å². The van der Waals surface area contributed by atoms with Crippen molar-refractivity contribution in [2.24, 2.45) is 0 Å². The lowest BCUT2D eigenvalue weighted by Gasteiger charge is -2.13. The van der Waals surface area contributed by atoms with Crippen molar-refractivity contribution in [3.63, 3.8) is 0 Å². The predicted octanol–water partition coefficient (Wildman–Crippen LogP) is 4.51. The lowest BCUT2D eigenvalue weighted by atomic mass is 10.1. The maximum Gasteiger partial charge on any atom is 0.268 e. The molecule has 8 heteroatoms. The van der Waals surface area contributed by atoms with Gasteiger partial charge in [0.2, 0.25) is 0 Å². The first-order valence-corrected chi connectivity index (χ1v) is 10.6. The van der Waals surface area contributed by atoms with Crippen molar-refractivity contribution in [3.8, 4) is 11.5 Å². The van der Waals surface area contributed by atoms with E-state index in [0.29, 0.717) is 22.1 Å². The summed E-state index contributed by atoms with van der Waals surface area (Å²) in [4.78, 5) is 26.5. The molecule has 0 fully saturated rings. The second-order valence-electron chi connectivity index (χ2n) is 6.37. The maximum absolute atomic E-state index is 12.9. The van der Waals surface area contributed by atoms with Gasteiger partial charge in [0.25, 0.3) is 11.8 Å². The third-order valence-corrected chi connectivity index (χ3v) is 5.55. The molecule has 0 unspecified atom stereocenters. The van der Waals surface area contributed by atoms with Crippen LogP contribution in [0.3, 0.4) is 0 Å². The summed E-state index contributed by atoms with van der Waals surface area (Å²) in [5, 5.41) is 7.95. The average Bonchev–Trinajstić information content (AvgIpc) is 3.30. The number of hydrogen-bond acceptors (Lipinski definition) is 5. The van der Waals surface area contributed by atoms with Crippen LogP contribution in [0.4, 0.5) is 0 Å². The van der Waals surface area contributed by atoms with Crippen molar-refractivity contribution in [1.29, 1.82) is 0 Å². The third kappa shape index (κ3) is 5.87. The fraction of sp³-hybridized carbons (Fsp3) is 0.130. The second kappa shape index (κ2) is 10.7. The van der Waals surface area contributed by atoms with Crippen molar-refractivity contribution < 1.29 is 19.1 Å². The zero-order valence-corrected chi connectivity index (χ0v) is 18.5. The van der Waals surface area contributed by atoms with Crippen LogP contribution in [-0.4, -0.2) is 26.0 Å². The molecule has 0 aliphatic rings. The number of ether oxygens (including phenoxy) is 2. The molecule has 0 aliphatic carbocycles. The molecule has 6 nitrogen and oxygen atoms in total. The van der Waals surface area contributed by atoms with E-state index in [2.05, 4.69) is 10.6 Å². The SMILES string of the molecule is COc1ccc(C(=O)N/C(=C\c2cccs2)C(=O)NCc2ccccc2Cl)cc1OC. The lowest BCUT2D eigenvalue weighted by molar-refractivity contribution is -0.117. The molecule has 1 aromatic heterocycles. The highest BCUT2D eigenvalue weighted by Crippen LogP contribution is 2.27. The lowest BCUT2D eigenvalue weighted by Crippen LogP contribution is -2.34. The summed E-state index contributed by atoms with van der Waals surface area (Å²) in [6, 6.07) is 15.7. The Bertz CT molecular complexity index is 1100. The monoisotopic (exact) mass is 456 g/mol. The van der Waals surface area contributed by atoms with Gasteiger partial charge in [-0.05, 0) is 47.4 Å². The van der Waals surface area contributed by atoms with Gasteiger partial charge in [0.1, 0.15) is 5.70 Å². The zero-order valence-electron chi connectivity index (χ0n) is 17.0. The van der Waals surface area contributed by atoms with Gasteiger partial charge in [0, 0.05) is 22.0 Å². The van der Waals surface area contributed by atoms with E-state index in [1.54, 1.807) is 30.3 Å². The minimum atomic E-state index is -0.448. The average molecular weight is 457 g/mol. The van der Waals surface area contributed by atoms with Gasteiger partial charge in [-0.1, -0.05) is 35.9 Å². The molecule has 3 aromatic rings. The number of thiophene rings is 1. The molecule has 0 aliphatic heterocycles. The number of amides is 2. The molecule has 0 atom stereocenters. The van der Waals surface area contributed by atoms with E-state index in [4.69, 9.17) is 21.1 Å². The Balaban J connectivity index is 1.80. The fourth-order valence-corrected chi connectivity index (χ4v) is 3.62. The minimum Gasteiger partial charge on any atom is -0.493 e. The third-order valence-electron chi connectivity index (χ3n) is 4.37. The Morgan fingerprint density at radius 3 is 2.48 bits per heavy atom. The molecular weight excluding hydrogens is 436 g/mol. The van der Waals surface area contributed by atoms with Crippen LogP contribution in [0.1, 0.15) is 20.8 Å². The summed E-state index contributed by atoms with van der Waals surface area (Å²) in [7, 11) is 3.01. The minimum absolute atomic E-state index is 0.120. The van der Waals surface area contributed by atoms with Crippen molar-refractivity contribution in [3.05, 3.63) is 86.7 Å². The van der Waals surface area contributed by atoms with Gasteiger partial charge < -0.3 is 20.1 Å². The van der Waals surface area contributed by atoms with Crippen LogP contribution in [0.2, 0.25) is 5.02 Å². The number of rotatable bonds is 8. The van der Waals surface area contributed by atoms with Crippen LogP contribution in [-0.2, 0) is 11.3 Å². The van der Waals surface area contributed by atoms with Gasteiger partial charge in [0.15, 0.2) is 11.5 Å². The van der Waals surface area contributed by atoms with Crippen LogP contribution in [0.25, 0.3) is 6.08 Å². The Labute approximate surface area is 189 Å². The summed E-state index contributed by atoms with van der Waals surface area (Å²) in [6.45, 7) is 0.229. The number of carbonyl (C=O) groups excluding carboxylic acids is 2. The summed E-state index contributed by atoms with van der Waals surface area (Å²) >= 11 is 7.62. The van der Waals surface area contributed by atoms with E-state index in [9.17, 15) is 9.59 Å². The van der Waals surface area contributed by atoms with Crippen molar-refractivity contribution >= 4 is 40.8 Å². The highest BCUT2D eigenvalue weighted by atomic mass is 35.5. The number of methoxy groups -OCH3 is 2. The molecule has 0 spiro atoms. The topological polar surface area (TPSA) is 76.7 Å². The molecule has 0 saturated carbocycles. The molecule has 0 radical (unpaired) electrons. The molecule has 2 amide bonds. The van der Waals surface area contributed by atoms with E-state index in [-0.39, 0.29) is 12.2 Å². The van der Waals surface area contributed by atoms with Gasteiger partial charge in [-0.3, -0.25) is 9.59 Å². The van der Waals surface area contributed by atoms with Gasteiger partial charge in [-0.25, -0.2) is 0 Å². The molecule has 3 rings (SSSR count). The zero-order chi connectivity index (χ0) is 22.2. The first kappa shape index (κ1) is 22.4.